The van der Waals surface area contributed by atoms with E-state index in [1.165, 1.54) is 6.42 Å². The molecule has 0 heterocycles. The number of allylic oxidation sites excluding steroid dienone is 1. The Labute approximate surface area is 129 Å². The molecule has 0 radical (unpaired) electrons. The van der Waals surface area contributed by atoms with Crippen molar-refractivity contribution >= 4 is 35.1 Å². The molecule has 3 atom stereocenters. The second-order valence-electron chi connectivity index (χ2n) is 5.25. The molecule has 104 valence electrons. The lowest BCUT2D eigenvalue weighted by Gasteiger charge is -2.20. The van der Waals surface area contributed by atoms with Crippen LogP contribution in [0.3, 0.4) is 0 Å². The van der Waals surface area contributed by atoms with E-state index in [0.29, 0.717) is 22.1 Å². The van der Waals surface area contributed by atoms with Crippen LogP contribution in [0.15, 0.2) is 41.5 Å². The van der Waals surface area contributed by atoms with Crippen LogP contribution in [0.4, 0.5) is 0 Å². The number of hydrazone groups is 1. The fraction of sp³-hybridized carbons (Fsp3) is 0.333. The molecular formula is C15H16ClN3S. The van der Waals surface area contributed by atoms with Crippen LogP contribution in [-0.2, 0) is 0 Å². The molecular weight excluding hydrogens is 290 g/mol. The number of halogens is 1. The molecule has 0 unspecified atom stereocenters. The van der Waals surface area contributed by atoms with Crippen molar-refractivity contribution in [3.8, 4) is 0 Å². The molecule has 0 spiro atoms. The summed E-state index contributed by atoms with van der Waals surface area (Å²) in [5, 5.41) is 8.70. The van der Waals surface area contributed by atoms with Crippen molar-refractivity contribution in [2.24, 2.45) is 16.9 Å². The summed E-state index contributed by atoms with van der Waals surface area (Å²) in [6, 6.07) is 8.00. The number of fused-ring (bicyclic) bond motifs is 2. The molecule has 1 saturated carbocycles. The third-order valence-corrected chi connectivity index (χ3v) is 4.42. The number of thiocarbonyl (C=S) groups is 1. The van der Waals surface area contributed by atoms with Crippen LogP contribution in [0.1, 0.15) is 18.4 Å². The van der Waals surface area contributed by atoms with Crippen LogP contribution in [0.5, 0.6) is 0 Å². The summed E-state index contributed by atoms with van der Waals surface area (Å²) < 4.78 is 0. The summed E-state index contributed by atoms with van der Waals surface area (Å²) in [5.41, 5.74) is 3.72. The van der Waals surface area contributed by atoms with Gasteiger partial charge in [0.2, 0.25) is 0 Å². The minimum atomic E-state index is 0.445. The first-order valence-corrected chi connectivity index (χ1v) is 7.53. The van der Waals surface area contributed by atoms with Crippen LogP contribution in [0.25, 0.3) is 0 Å². The van der Waals surface area contributed by atoms with Gasteiger partial charge in [-0.15, -0.1) is 0 Å². The SMILES string of the molecule is S=C(N/N=C\c1ccccc1Cl)N[C@H]1C[C@@H]2C=C[C@@H]1C2. The molecule has 5 heteroatoms. The van der Waals surface area contributed by atoms with Gasteiger partial charge in [-0.05, 0) is 43.0 Å². The monoisotopic (exact) mass is 305 g/mol. The minimum Gasteiger partial charge on any atom is -0.358 e. The first-order chi connectivity index (χ1) is 9.72. The Hall–Kier alpha value is -1.39. The zero-order valence-corrected chi connectivity index (χ0v) is 12.5. The topological polar surface area (TPSA) is 36.4 Å². The van der Waals surface area contributed by atoms with E-state index < -0.39 is 0 Å². The van der Waals surface area contributed by atoms with Crippen LogP contribution in [0.2, 0.25) is 5.02 Å². The molecule has 1 aromatic carbocycles. The minimum absolute atomic E-state index is 0.445. The highest BCUT2D eigenvalue weighted by Crippen LogP contribution is 2.38. The molecule has 1 fully saturated rings. The molecule has 0 amide bonds. The summed E-state index contributed by atoms with van der Waals surface area (Å²) in [4.78, 5) is 0. The van der Waals surface area contributed by atoms with E-state index in [-0.39, 0.29) is 0 Å². The summed E-state index contributed by atoms with van der Waals surface area (Å²) >= 11 is 11.3. The van der Waals surface area contributed by atoms with Gasteiger partial charge in [0.25, 0.3) is 0 Å². The van der Waals surface area contributed by atoms with Gasteiger partial charge in [-0.25, -0.2) is 0 Å². The quantitative estimate of drug-likeness (QED) is 0.390. The summed E-state index contributed by atoms with van der Waals surface area (Å²) in [6.07, 6.45) is 8.70. The van der Waals surface area contributed by atoms with Crippen LogP contribution in [-0.4, -0.2) is 17.4 Å². The smallest absolute Gasteiger partial charge is 0.187 e. The fourth-order valence-electron chi connectivity index (χ4n) is 2.89. The third kappa shape index (κ3) is 3.02. The highest BCUT2D eigenvalue weighted by atomic mass is 35.5. The first-order valence-electron chi connectivity index (χ1n) is 6.75. The highest BCUT2D eigenvalue weighted by Gasteiger charge is 2.35. The van der Waals surface area contributed by atoms with Gasteiger partial charge in [0.1, 0.15) is 0 Å². The Bertz CT molecular complexity index is 570. The second-order valence-corrected chi connectivity index (χ2v) is 6.07. The van der Waals surface area contributed by atoms with E-state index in [2.05, 4.69) is 28.0 Å². The number of hydrogen-bond donors (Lipinski definition) is 2. The Morgan fingerprint density at radius 1 is 1.30 bits per heavy atom. The molecule has 20 heavy (non-hydrogen) atoms. The standard InChI is InChI=1S/C15H16ClN3S/c16-13-4-2-1-3-12(13)9-17-19-15(20)18-14-8-10-5-6-11(14)7-10/h1-6,9-11,14H,7-8H2,(H2,18,19,20)/b17-9-/t10-,11-,14+/m1/s1. The molecule has 2 N–H and O–H groups in total. The number of nitrogens with one attached hydrogen (secondary N) is 2. The van der Waals surface area contributed by atoms with Gasteiger partial charge in [-0.3, -0.25) is 5.43 Å². The van der Waals surface area contributed by atoms with Gasteiger partial charge in [0, 0.05) is 16.6 Å². The van der Waals surface area contributed by atoms with Crippen molar-refractivity contribution < 1.29 is 0 Å². The van der Waals surface area contributed by atoms with Crippen LogP contribution >= 0.6 is 23.8 Å². The Morgan fingerprint density at radius 2 is 2.15 bits per heavy atom. The lowest BCUT2D eigenvalue weighted by atomic mass is 10.0. The average Bonchev–Trinajstić information content (AvgIpc) is 3.03. The predicted molar refractivity (Wildman–Crippen MR) is 87.1 cm³/mol. The van der Waals surface area contributed by atoms with E-state index >= 15 is 0 Å². The van der Waals surface area contributed by atoms with Crippen LogP contribution < -0.4 is 10.7 Å². The van der Waals surface area contributed by atoms with Gasteiger partial charge in [0.05, 0.1) is 6.21 Å². The lowest BCUT2D eigenvalue weighted by molar-refractivity contribution is 0.521. The largest absolute Gasteiger partial charge is 0.358 e. The molecule has 2 aliphatic carbocycles. The van der Waals surface area contributed by atoms with E-state index in [1.807, 2.05) is 24.3 Å². The predicted octanol–water partition coefficient (Wildman–Crippen LogP) is 3.10. The summed E-state index contributed by atoms with van der Waals surface area (Å²) in [7, 11) is 0. The summed E-state index contributed by atoms with van der Waals surface area (Å²) in [6.45, 7) is 0. The fourth-order valence-corrected chi connectivity index (χ4v) is 3.28. The number of hydrogen-bond acceptors (Lipinski definition) is 2. The zero-order valence-electron chi connectivity index (χ0n) is 10.9. The first kappa shape index (κ1) is 13.6. The van der Waals surface area contributed by atoms with Gasteiger partial charge < -0.3 is 5.32 Å². The van der Waals surface area contributed by atoms with E-state index in [0.717, 1.165) is 17.9 Å². The lowest BCUT2D eigenvalue weighted by Crippen LogP contribution is -2.42. The van der Waals surface area contributed by atoms with Crippen molar-refractivity contribution in [2.75, 3.05) is 0 Å². The van der Waals surface area contributed by atoms with Crippen LogP contribution in [0, 0.1) is 11.8 Å². The molecule has 1 aromatic rings. The van der Waals surface area contributed by atoms with Crippen molar-refractivity contribution in [2.45, 2.75) is 18.9 Å². The van der Waals surface area contributed by atoms with Crippen molar-refractivity contribution in [3.05, 3.63) is 47.0 Å². The normalized spacial score (nSPS) is 27.1. The van der Waals surface area contributed by atoms with E-state index in [1.54, 1.807) is 6.21 Å². The second kappa shape index (κ2) is 5.94. The maximum atomic E-state index is 6.04. The third-order valence-electron chi connectivity index (χ3n) is 3.87. The van der Waals surface area contributed by atoms with Gasteiger partial charge >= 0.3 is 0 Å². The summed E-state index contributed by atoms with van der Waals surface area (Å²) in [5.74, 6) is 1.35. The Morgan fingerprint density at radius 3 is 2.85 bits per heavy atom. The molecule has 0 aliphatic heterocycles. The molecule has 0 saturated heterocycles. The highest BCUT2D eigenvalue weighted by molar-refractivity contribution is 7.80. The van der Waals surface area contributed by atoms with Crippen molar-refractivity contribution in [3.63, 3.8) is 0 Å². The van der Waals surface area contributed by atoms with Gasteiger partial charge in [-0.1, -0.05) is 42.0 Å². The van der Waals surface area contributed by atoms with Gasteiger partial charge in [0.15, 0.2) is 5.11 Å². The number of rotatable bonds is 3. The Balaban J connectivity index is 1.50. The number of nitrogens with zero attached hydrogens (tertiary/aromatic N) is 1. The van der Waals surface area contributed by atoms with Gasteiger partial charge in [-0.2, -0.15) is 5.10 Å². The molecule has 2 bridgehead atoms. The van der Waals surface area contributed by atoms with E-state index in [9.17, 15) is 0 Å². The van der Waals surface area contributed by atoms with Crippen molar-refractivity contribution in [1.82, 2.24) is 10.7 Å². The zero-order chi connectivity index (χ0) is 13.9. The maximum absolute atomic E-state index is 6.04. The Kier molecular flexibility index (Phi) is 4.03. The van der Waals surface area contributed by atoms with Crippen molar-refractivity contribution in [1.29, 1.82) is 0 Å². The average molecular weight is 306 g/mol. The molecule has 3 rings (SSSR count). The molecule has 0 aromatic heterocycles. The maximum Gasteiger partial charge on any atom is 0.187 e. The molecule has 2 aliphatic rings. The van der Waals surface area contributed by atoms with E-state index in [4.69, 9.17) is 23.8 Å². The number of benzene rings is 1. The molecule has 3 nitrogen and oxygen atoms in total.